The first-order chi connectivity index (χ1) is 18.4. The molecule has 5 N–H and O–H groups in total. The summed E-state index contributed by atoms with van der Waals surface area (Å²) in [5.41, 5.74) is 5.12. The molecule has 2 bridgehead atoms. The third-order valence-electron chi connectivity index (χ3n) is 11.5. The van der Waals surface area contributed by atoms with Gasteiger partial charge in [0.05, 0.1) is 24.0 Å². The molecule has 232 valence electrons. The van der Waals surface area contributed by atoms with Crippen LogP contribution in [0.2, 0.25) is 0 Å². The third-order valence-corrected chi connectivity index (χ3v) is 12.8. The SMILES string of the molecule is CC[C@]1(C)C[C@@H](OC(=O)CSC(C)(C)CNC(=O)[C@H](N)CC(C)C)[C@]2(C)[C@H](C)CC[C@]3(CC[C@@H](O)[C@H]32)[C@@H](C)[C@@H]1O. The predicted octanol–water partition coefficient (Wildman–Crippen LogP) is 4.91. The zero-order valence-electron chi connectivity index (χ0n) is 26.6. The number of carbonyl (C=O) groups excluding carboxylic acids is 2. The van der Waals surface area contributed by atoms with Gasteiger partial charge < -0.3 is 26.0 Å². The lowest BCUT2D eigenvalue weighted by molar-refractivity contribution is -0.223. The lowest BCUT2D eigenvalue weighted by atomic mass is 9.43. The summed E-state index contributed by atoms with van der Waals surface area (Å²) < 4.78 is 6.05. The van der Waals surface area contributed by atoms with E-state index in [0.717, 1.165) is 32.1 Å². The topological polar surface area (TPSA) is 122 Å². The molecule has 1 amide bonds. The van der Waals surface area contributed by atoms with Crippen molar-refractivity contribution in [3.05, 3.63) is 0 Å². The minimum Gasteiger partial charge on any atom is -0.461 e. The first kappa shape index (κ1) is 33.7. The highest BCUT2D eigenvalue weighted by Gasteiger charge is 2.68. The van der Waals surface area contributed by atoms with Crippen LogP contribution in [0.15, 0.2) is 0 Å². The van der Waals surface area contributed by atoms with Gasteiger partial charge in [-0.05, 0) is 93.3 Å². The van der Waals surface area contributed by atoms with E-state index in [1.54, 1.807) is 0 Å². The Labute approximate surface area is 247 Å². The van der Waals surface area contributed by atoms with E-state index < -0.39 is 24.4 Å². The Balaban J connectivity index is 1.78. The van der Waals surface area contributed by atoms with Gasteiger partial charge in [0.25, 0.3) is 0 Å². The van der Waals surface area contributed by atoms with Crippen molar-refractivity contribution in [2.75, 3.05) is 12.3 Å². The number of hydrogen-bond acceptors (Lipinski definition) is 7. The van der Waals surface area contributed by atoms with E-state index in [2.05, 4.69) is 39.9 Å². The zero-order chi connectivity index (χ0) is 30.3. The maximum absolute atomic E-state index is 13.5. The summed E-state index contributed by atoms with van der Waals surface area (Å²) in [5.74, 6) is 0.421. The minimum atomic E-state index is -0.535. The maximum atomic E-state index is 13.5. The molecule has 0 aliphatic heterocycles. The number of nitrogens with one attached hydrogen (secondary N) is 1. The number of aliphatic hydroxyl groups is 2. The Morgan fingerprint density at radius 1 is 1.15 bits per heavy atom. The molecule has 0 unspecified atom stereocenters. The molecule has 3 fully saturated rings. The Kier molecular flexibility index (Phi) is 10.5. The molecule has 0 aromatic rings. The van der Waals surface area contributed by atoms with Crippen molar-refractivity contribution in [1.82, 2.24) is 5.32 Å². The summed E-state index contributed by atoms with van der Waals surface area (Å²) in [5, 5.41) is 26.1. The second-order valence-corrected chi connectivity index (χ2v) is 16.7. The first-order valence-electron chi connectivity index (χ1n) is 15.7. The minimum absolute atomic E-state index is 0.0121. The van der Waals surface area contributed by atoms with Gasteiger partial charge in [0.2, 0.25) is 5.91 Å². The molecule has 0 aromatic carbocycles. The number of nitrogens with two attached hydrogens (primary N) is 1. The molecule has 0 radical (unpaired) electrons. The van der Waals surface area contributed by atoms with Crippen molar-refractivity contribution in [3.8, 4) is 0 Å². The van der Waals surface area contributed by atoms with E-state index in [1.807, 2.05) is 27.7 Å². The Morgan fingerprint density at radius 2 is 1.77 bits per heavy atom. The first-order valence-corrected chi connectivity index (χ1v) is 16.6. The predicted molar refractivity (Wildman–Crippen MR) is 163 cm³/mol. The average molecular weight is 583 g/mol. The fraction of sp³-hybridized carbons (Fsp3) is 0.938. The molecule has 0 heterocycles. The summed E-state index contributed by atoms with van der Waals surface area (Å²) in [7, 11) is 0. The van der Waals surface area contributed by atoms with Crippen molar-refractivity contribution in [2.24, 2.45) is 45.7 Å². The van der Waals surface area contributed by atoms with Gasteiger partial charge in [-0.25, -0.2) is 0 Å². The Bertz CT molecular complexity index is 914. The Morgan fingerprint density at radius 3 is 2.38 bits per heavy atom. The van der Waals surface area contributed by atoms with Crippen molar-refractivity contribution in [3.63, 3.8) is 0 Å². The molecule has 40 heavy (non-hydrogen) atoms. The van der Waals surface area contributed by atoms with Crippen LogP contribution in [-0.2, 0) is 14.3 Å². The van der Waals surface area contributed by atoms with Crippen LogP contribution in [0.1, 0.15) is 107 Å². The standard InChI is InChI=1S/C32H58N2O5S/c1-10-30(8)16-24(39-25(36)17-40-29(6,7)18-34-28(38)22(33)15-19(2)3)31(9)20(4)11-13-32(21(5)27(30)37)14-12-23(35)26(31)32/h19-24,26-27,35,37H,10-18,33H2,1-9H3,(H,34,38)/t20-,21+,22-,23-,24-,26+,27+,30-,31+,32+/m1/s1. The van der Waals surface area contributed by atoms with Crippen LogP contribution in [-0.4, -0.2) is 63.5 Å². The molecule has 3 rings (SSSR count). The fourth-order valence-corrected chi connectivity index (χ4v) is 9.29. The Hall–Kier alpha value is -0.830. The fourth-order valence-electron chi connectivity index (χ4n) is 8.54. The number of hydrogen-bond donors (Lipinski definition) is 4. The number of rotatable bonds is 10. The summed E-state index contributed by atoms with van der Waals surface area (Å²) >= 11 is 1.47. The van der Waals surface area contributed by atoms with Crippen LogP contribution >= 0.6 is 11.8 Å². The van der Waals surface area contributed by atoms with Gasteiger partial charge in [0, 0.05) is 16.7 Å². The van der Waals surface area contributed by atoms with Gasteiger partial charge in [0.1, 0.15) is 6.10 Å². The molecule has 3 aliphatic carbocycles. The van der Waals surface area contributed by atoms with E-state index in [4.69, 9.17) is 10.5 Å². The highest BCUT2D eigenvalue weighted by Crippen LogP contribution is 2.69. The number of aliphatic hydroxyl groups excluding tert-OH is 2. The van der Waals surface area contributed by atoms with Crippen LogP contribution in [0.25, 0.3) is 0 Å². The number of carbonyl (C=O) groups is 2. The molecular formula is C32H58N2O5S. The van der Waals surface area contributed by atoms with Gasteiger partial charge >= 0.3 is 5.97 Å². The van der Waals surface area contributed by atoms with Crippen LogP contribution in [0.3, 0.4) is 0 Å². The smallest absolute Gasteiger partial charge is 0.316 e. The normalized spacial score (nSPS) is 40.6. The lowest BCUT2D eigenvalue weighted by Gasteiger charge is -2.63. The molecular weight excluding hydrogens is 524 g/mol. The lowest BCUT2D eigenvalue weighted by Crippen LogP contribution is -2.63. The average Bonchev–Trinajstić information content (AvgIpc) is 3.24. The van der Waals surface area contributed by atoms with E-state index in [0.29, 0.717) is 25.3 Å². The molecule has 8 heteroatoms. The summed E-state index contributed by atoms with van der Waals surface area (Å²) in [6, 6.07) is -0.535. The van der Waals surface area contributed by atoms with E-state index in [9.17, 15) is 19.8 Å². The molecule has 7 nitrogen and oxygen atoms in total. The van der Waals surface area contributed by atoms with Crippen LogP contribution < -0.4 is 11.1 Å². The molecule has 0 spiro atoms. The summed E-state index contributed by atoms with van der Waals surface area (Å²) in [6.45, 7) is 19.5. The van der Waals surface area contributed by atoms with E-state index >= 15 is 0 Å². The highest BCUT2D eigenvalue weighted by molar-refractivity contribution is 8.01. The van der Waals surface area contributed by atoms with Crippen LogP contribution in [0.4, 0.5) is 0 Å². The molecule has 0 aromatic heterocycles. The van der Waals surface area contributed by atoms with Gasteiger partial charge in [-0.15, -0.1) is 11.8 Å². The molecule has 10 atom stereocenters. The van der Waals surface area contributed by atoms with E-state index in [-0.39, 0.29) is 56.4 Å². The third kappa shape index (κ3) is 6.40. The van der Waals surface area contributed by atoms with Crippen molar-refractivity contribution >= 4 is 23.6 Å². The second-order valence-electron chi connectivity index (χ2n) is 15.0. The number of ether oxygens (including phenoxy) is 1. The summed E-state index contributed by atoms with van der Waals surface area (Å²) in [4.78, 5) is 25.9. The highest BCUT2D eigenvalue weighted by atomic mass is 32.2. The summed E-state index contributed by atoms with van der Waals surface area (Å²) in [6.07, 6.45) is 4.30. The van der Waals surface area contributed by atoms with Crippen LogP contribution in [0.5, 0.6) is 0 Å². The van der Waals surface area contributed by atoms with Gasteiger partial charge in [-0.1, -0.05) is 48.5 Å². The molecule has 3 aliphatic rings. The molecule has 3 saturated carbocycles. The largest absolute Gasteiger partial charge is 0.461 e. The number of amides is 1. The maximum Gasteiger partial charge on any atom is 0.316 e. The van der Waals surface area contributed by atoms with Crippen molar-refractivity contribution in [1.29, 1.82) is 0 Å². The van der Waals surface area contributed by atoms with Crippen molar-refractivity contribution < 1.29 is 24.5 Å². The number of esters is 1. The van der Waals surface area contributed by atoms with Gasteiger partial charge in [-0.2, -0.15) is 0 Å². The zero-order valence-corrected chi connectivity index (χ0v) is 27.4. The quantitative estimate of drug-likeness (QED) is 0.270. The van der Waals surface area contributed by atoms with Crippen molar-refractivity contribution in [2.45, 2.75) is 136 Å². The van der Waals surface area contributed by atoms with Gasteiger partial charge in [0.15, 0.2) is 0 Å². The van der Waals surface area contributed by atoms with Crippen LogP contribution in [0, 0.1) is 39.9 Å². The molecule has 0 saturated heterocycles. The monoisotopic (exact) mass is 582 g/mol. The second kappa shape index (κ2) is 12.4. The van der Waals surface area contributed by atoms with Gasteiger partial charge in [-0.3, -0.25) is 9.59 Å². The van der Waals surface area contributed by atoms with E-state index in [1.165, 1.54) is 11.8 Å². The number of thioether (sulfide) groups is 1.